The minimum atomic E-state index is -4.50. The third kappa shape index (κ3) is 5.27. The Labute approximate surface area is 203 Å². The summed E-state index contributed by atoms with van der Waals surface area (Å²) >= 11 is 1.21. The van der Waals surface area contributed by atoms with E-state index in [0.717, 1.165) is 18.3 Å². The maximum absolute atomic E-state index is 13.0. The Hall–Kier alpha value is -3.12. The summed E-state index contributed by atoms with van der Waals surface area (Å²) in [7, 11) is 0. The molecule has 2 atom stereocenters. The van der Waals surface area contributed by atoms with Crippen LogP contribution in [0.4, 0.5) is 24.8 Å². The minimum absolute atomic E-state index is 0.0133. The Morgan fingerprint density at radius 1 is 1.20 bits per heavy atom. The lowest BCUT2D eigenvalue weighted by Crippen LogP contribution is -2.44. The van der Waals surface area contributed by atoms with Gasteiger partial charge in [-0.2, -0.15) is 13.2 Å². The van der Waals surface area contributed by atoms with Gasteiger partial charge >= 0.3 is 12.1 Å². The minimum Gasteiger partial charge on any atom is -0.481 e. The molecule has 3 aromatic rings. The predicted octanol–water partition coefficient (Wildman–Crippen LogP) is 5.16. The Morgan fingerprint density at radius 2 is 1.94 bits per heavy atom. The maximum atomic E-state index is 13.0. The van der Waals surface area contributed by atoms with Crippen LogP contribution in [0.1, 0.15) is 49.4 Å². The Kier molecular flexibility index (Phi) is 6.30. The first-order valence-electron chi connectivity index (χ1n) is 10.8. The van der Waals surface area contributed by atoms with Gasteiger partial charge < -0.3 is 15.5 Å². The molecule has 3 aromatic heterocycles. The molecule has 1 aliphatic rings. The van der Waals surface area contributed by atoms with Crippen LogP contribution >= 0.6 is 11.3 Å². The van der Waals surface area contributed by atoms with Gasteiger partial charge in [-0.3, -0.25) is 4.79 Å². The van der Waals surface area contributed by atoms with E-state index in [0.29, 0.717) is 27.8 Å². The van der Waals surface area contributed by atoms with Crippen LogP contribution in [0.15, 0.2) is 30.6 Å². The van der Waals surface area contributed by atoms with Gasteiger partial charge in [-0.15, -0.1) is 11.3 Å². The predicted molar refractivity (Wildman–Crippen MR) is 123 cm³/mol. The first-order chi connectivity index (χ1) is 16.3. The Balaban J connectivity index is 1.59. The average Bonchev–Trinajstić information content (AvgIpc) is 3.23. The second kappa shape index (κ2) is 8.83. The first-order valence-corrected chi connectivity index (χ1v) is 11.7. The highest BCUT2D eigenvalue weighted by Crippen LogP contribution is 2.50. The van der Waals surface area contributed by atoms with E-state index in [1.807, 2.05) is 13.8 Å². The van der Waals surface area contributed by atoms with Gasteiger partial charge in [0.2, 0.25) is 0 Å². The van der Waals surface area contributed by atoms with Crippen molar-refractivity contribution in [3.05, 3.63) is 46.9 Å². The van der Waals surface area contributed by atoms with E-state index in [9.17, 15) is 28.2 Å². The molecule has 8 nitrogen and oxygen atoms in total. The van der Waals surface area contributed by atoms with Crippen LogP contribution in [0.5, 0.6) is 0 Å². The maximum Gasteiger partial charge on any atom is 0.416 e. The molecule has 3 heterocycles. The van der Waals surface area contributed by atoms with Crippen LogP contribution in [0.3, 0.4) is 0 Å². The second-order valence-corrected chi connectivity index (χ2v) is 10.5. The average molecular weight is 508 g/mol. The summed E-state index contributed by atoms with van der Waals surface area (Å²) in [4.78, 5) is 29.3. The molecule has 0 aliphatic heterocycles. The van der Waals surface area contributed by atoms with Gasteiger partial charge in [0.25, 0.3) is 0 Å². The summed E-state index contributed by atoms with van der Waals surface area (Å²) in [5, 5.41) is 24.1. The molecule has 35 heavy (non-hydrogen) atoms. The van der Waals surface area contributed by atoms with Crippen molar-refractivity contribution in [3.8, 4) is 10.7 Å². The molecular weight excluding hydrogens is 483 g/mol. The highest BCUT2D eigenvalue weighted by atomic mass is 32.1. The molecule has 0 aromatic carbocycles. The topological polar surface area (TPSA) is 121 Å². The number of anilines is 2. The smallest absolute Gasteiger partial charge is 0.416 e. The number of carboxylic acid groups (broad SMARTS) is 1. The number of alkyl halides is 3. The van der Waals surface area contributed by atoms with Crippen molar-refractivity contribution < 1.29 is 28.2 Å². The first kappa shape index (κ1) is 25.0. The number of hydrogen-bond acceptors (Lipinski definition) is 8. The van der Waals surface area contributed by atoms with Crippen LogP contribution in [0.25, 0.3) is 10.7 Å². The number of aryl methyl sites for hydroxylation is 1. The molecular formula is C23H24F3N5O3S. The number of nitrogens with zero attached hydrogens (tertiary/aromatic N) is 4. The quantitative estimate of drug-likeness (QED) is 0.433. The molecule has 0 radical (unpaired) electrons. The summed E-state index contributed by atoms with van der Waals surface area (Å²) in [6.45, 7) is 5.38. The lowest BCUT2D eigenvalue weighted by Gasteiger charge is -2.44. The van der Waals surface area contributed by atoms with Crippen molar-refractivity contribution in [2.45, 2.75) is 51.8 Å². The zero-order chi connectivity index (χ0) is 25.6. The standard InChI is InChI=1S/C23H24F3N5O3S/c1-12-8-17(30-16-9-13(5-7-27-16)23(24,25)26)31-18(29-12)15-10-28-20(35-15)22(34)6-4-14(19(32)33)21(2,3)11-22/h5,7-10,14,34H,4,6,11H2,1-3H3,(H,32,33)(H,27,29,30,31)/t14-,22-/m1/s1. The van der Waals surface area contributed by atoms with Crippen LogP contribution in [0.2, 0.25) is 0 Å². The van der Waals surface area contributed by atoms with Gasteiger partial charge in [-0.1, -0.05) is 13.8 Å². The molecule has 3 N–H and O–H groups in total. The molecule has 0 spiro atoms. The van der Waals surface area contributed by atoms with E-state index in [-0.39, 0.29) is 24.5 Å². The van der Waals surface area contributed by atoms with Gasteiger partial charge in [-0.25, -0.2) is 19.9 Å². The molecule has 1 aliphatic carbocycles. The fourth-order valence-electron chi connectivity index (χ4n) is 4.52. The summed E-state index contributed by atoms with van der Waals surface area (Å²) in [5.41, 5.74) is -2.16. The number of halogens is 3. The highest BCUT2D eigenvalue weighted by Gasteiger charge is 2.49. The molecule has 186 valence electrons. The number of aliphatic hydroxyl groups is 1. The van der Waals surface area contributed by atoms with Crippen molar-refractivity contribution in [1.29, 1.82) is 0 Å². The third-order valence-corrected chi connectivity index (χ3v) is 7.34. The number of hydrogen-bond donors (Lipinski definition) is 3. The van der Waals surface area contributed by atoms with Crippen LogP contribution in [0, 0.1) is 18.3 Å². The Morgan fingerprint density at radius 3 is 2.60 bits per heavy atom. The molecule has 4 rings (SSSR count). The number of aliphatic carboxylic acids is 1. The Bertz CT molecular complexity index is 1260. The van der Waals surface area contributed by atoms with Crippen molar-refractivity contribution in [3.63, 3.8) is 0 Å². The molecule has 1 fully saturated rings. The lowest BCUT2D eigenvalue weighted by atomic mass is 9.63. The van der Waals surface area contributed by atoms with Crippen LogP contribution in [-0.4, -0.2) is 36.1 Å². The van der Waals surface area contributed by atoms with Gasteiger partial charge in [0, 0.05) is 24.2 Å². The molecule has 0 unspecified atom stereocenters. The van der Waals surface area contributed by atoms with E-state index in [1.165, 1.54) is 17.5 Å². The number of carboxylic acids is 1. The molecule has 0 bridgehead atoms. The van der Waals surface area contributed by atoms with E-state index in [1.54, 1.807) is 13.0 Å². The number of nitrogens with one attached hydrogen (secondary N) is 1. The van der Waals surface area contributed by atoms with Gasteiger partial charge in [0.05, 0.1) is 16.4 Å². The fourth-order valence-corrected chi connectivity index (χ4v) is 5.49. The lowest BCUT2D eigenvalue weighted by molar-refractivity contribution is -0.154. The number of carbonyl (C=O) groups is 1. The number of pyridine rings is 1. The number of thiazole rings is 1. The second-order valence-electron chi connectivity index (χ2n) is 9.43. The van der Waals surface area contributed by atoms with Gasteiger partial charge in [0.15, 0.2) is 5.82 Å². The molecule has 0 amide bonds. The van der Waals surface area contributed by atoms with E-state index >= 15 is 0 Å². The summed E-state index contributed by atoms with van der Waals surface area (Å²) < 4.78 is 39.0. The summed E-state index contributed by atoms with van der Waals surface area (Å²) in [6.07, 6.45) is -1.06. The van der Waals surface area contributed by atoms with Crippen molar-refractivity contribution >= 4 is 28.9 Å². The highest BCUT2D eigenvalue weighted by molar-refractivity contribution is 7.15. The number of aromatic nitrogens is 4. The third-order valence-electron chi connectivity index (χ3n) is 6.16. The fraction of sp³-hybridized carbons (Fsp3) is 0.435. The zero-order valence-corrected chi connectivity index (χ0v) is 20.0. The van der Waals surface area contributed by atoms with Crippen molar-refractivity contribution in [2.24, 2.45) is 11.3 Å². The largest absolute Gasteiger partial charge is 0.481 e. The monoisotopic (exact) mass is 507 g/mol. The van der Waals surface area contributed by atoms with E-state index in [4.69, 9.17) is 0 Å². The van der Waals surface area contributed by atoms with Crippen LogP contribution < -0.4 is 5.32 Å². The van der Waals surface area contributed by atoms with Gasteiger partial charge in [0.1, 0.15) is 22.2 Å². The molecule has 12 heteroatoms. The molecule has 0 saturated heterocycles. The van der Waals surface area contributed by atoms with E-state index < -0.39 is 34.6 Å². The summed E-state index contributed by atoms with van der Waals surface area (Å²) in [5.74, 6) is -0.886. The zero-order valence-electron chi connectivity index (χ0n) is 19.2. The van der Waals surface area contributed by atoms with Crippen LogP contribution in [-0.2, 0) is 16.6 Å². The molecule has 1 saturated carbocycles. The number of rotatable bonds is 5. The van der Waals surface area contributed by atoms with Crippen molar-refractivity contribution in [1.82, 2.24) is 19.9 Å². The normalized spacial score (nSPS) is 22.1. The van der Waals surface area contributed by atoms with Gasteiger partial charge in [-0.05, 0) is 43.7 Å². The summed E-state index contributed by atoms with van der Waals surface area (Å²) in [6, 6.07) is 3.36. The van der Waals surface area contributed by atoms with E-state index in [2.05, 4.69) is 25.3 Å². The van der Waals surface area contributed by atoms with Crippen molar-refractivity contribution in [2.75, 3.05) is 5.32 Å². The SMILES string of the molecule is Cc1cc(Nc2cc(C(F)(F)F)ccn2)nc(-c2cnc([C@@]3(O)CC[C@H](C(=O)O)C(C)(C)C3)s2)n1.